The number of hydrogen-bond donors (Lipinski definition) is 2. The standard InChI is InChI=1S/C15H14BrClN2O/c1-9-2-3-10(6-12(9)16)8-19-14-7-11(15(18)20)4-5-13(14)17/h2-7,19H,8H2,1H3,(H2,18,20). The number of nitrogens with two attached hydrogens (primary N) is 1. The molecule has 2 rings (SSSR count). The molecule has 0 radical (unpaired) electrons. The summed E-state index contributed by atoms with van der Waals surface area (Å²) >= 11 is 9.60. The molecule has 0 saturated carbocycles. The molecule has 0 spiro atoms. The molecule has 3 N–H and O–H groups in total. The third-order valence-electron chi connectivity index (χ3n) is 2.97. The molecule has 2 aromatic rings. The summed E-state index contributed by atoms with van der Waals surface area (Å²) in [5, 5.41) is 3.77. The summed E-state index contributed by atoms with van der Waals surface area (Å²) < 4.78 is 1.06. The van der Waals surface area contributed by atoms with Crippen LogP contribution in [0.3, 0.4) is 0 Å². The zero-order valence-electron chi connectivity index (χ0n) is 10.9. The van der Waals surface area contributed by atoms with Gasteiger partial charge in [0.05, 0.1) is 10.7 Å². The van der Waals surface area contributed by atoms with E-state index >= 15 is 0 Å². The number of aryl methyl sites for hydroxylation is 1. The minimum Gasteiger partial charge on any atom is -0.380 e. The molecule has 0 aliphatic rings. The SMILES string of the molecule is Cc1ccc(CNc2cc(C(N)=O)ccc2Cl)cc1Br. The fraction of sp³-hybridized carbons (Fsp3) is 0.133. The van der Waals surface area contributed by atoms with E-state index in [1.807, 2.05) is 25.1 Å². The fourth-order valence-electron chi connectivity index (χ4n) is 1.76. The van der Waals surface area contributed by atoms with Crippen molar-refractivity contribution >= 4 is 39.1 Å². The zero-order chi connectivity index (χ0) is 14.7. The van der Waals surface area contributed by atoms with E-state index < -0.39 is 5.91 Å². The lowest BCUT2D eigenvalue weighted by Gasteiger charge is -2.10. The summed E-state index contributed by atoms with van der Waals surface area (Å²) in [6, 6.07) is 11.1. The smallest absolute Gasteiger partial charge is 0.248 e. The summed E-state index contributed by atoms with van der Waals surface area (Å²) in [6.07, 6.45) is 0. The second-order valence-corrected chi connectivity index (χ2v) is 5.76. The van der Waals surface area contributed by atoms with Gasteiger partial charge in [-0.05, 0) is 42.3 Å². The maximum absolute atomic E-state index is 11.2. The molecule has 0 heterocycles. The second kappa shape index (κ2) is 6.29. The Hall–Kier alpha value is -1.52. The third kappa shape index (κ3) is 3.52. The monoisotopic (exact) mass is 352 g/mol. The van der Waals surface area contributed by atoms with E-state index in [0.717, 1.165) is 10.0 Å². The highest BCUT2D eigenvalue weighted by Crippen LogP contribution is 2.24. The second-order valence-electron chi connectivity index (χ2n) is 4.50. The van der Waals surface area contributed by atoms with Gasteiger partial charge >= 0.3 is 0 Å². The minimum absolute atomic E-state index is 0.432. The van der Waals surface area contributed by atoms with E-state index in [0.29, 0.717) is 22.8 Å². The Morgan fingerprint density at radius 2 is 2.05 bits per heavy atom. The molecule has 0 aliphatic heterocycles. The van der Waals surface area contributed by atoms with Crippen LogP contribution in [0.1, 0.15) is 21.5 Å². The number of carbonyl (C=O) groups is 1. The Labute approximate surface area is 131 Å². The van der Waals surface area contributed by atoms with Gasteiger partial charge in [-0.25, -0.2) is 0 Å². The summed E-state index contributed by atoms with van der Waals surface area (Å²) in [5.41, 5.74) is 8.68. The number of amides is 1. The van der Waals surface area contributed by atoms with Gasteiger partial charge in [0.2, 0.25) is 5.91 Å². The minimum atomic E-state index is -0.470. The lowest BCUT2D eigenvalue weighted by molar-refractivity contribution is 0.100. The average molecular weight is 354 g/mol. The summed E-state index contributed by atoms with van der Waals surface area (Å²) in [6.45, 7) is 2.65. The first-order valence-corrected chi connectivity index (χ1v) is 7.22. The molecule has 3 nitrogen and oxygen atoms in total. The molecule has 0 saturated heterocycles. The number of anilines is 1. The highest BCUT2D eigenvalue weighted by molar-refractivity contribution is 9.10. The maximum atomic E-state index is 11.2. The number of nitrogens with one attached hydrogen (secondary N) is 1. The van der Waals surface area contributed by atoms with Gasteiger partial charge in [-0.2, -0.15) is 0 Å². The van der Waals surface area contributed by atoms with Crippen molar-refractivity contribution in [3.8, 4) is 0 Å². The molecule has 20 heavy (non-hydrogen) atoms. The van der Waals surface area contributed by atoms with Crippen LogP contribution >= 0.6 is 27.5 Å². The highest BCUT2D eigenvalue weighted by atomic mass is 79.9. The molecule has 0 aromatic heterocycles. The lowest BCUT2D eigenvalue weighted by Crippen LogP contribution is -2.11. The van der Waals surface area contributed by atoms with E-state index in [2.05, 4.69) is 21.2 Å². The number of carbonyl (C=O) groups excluding carboxylic acids is 1. The molecule has 104 valence electrons. The molecule has 0 unspecified atom stereocenters. The van der Waals surface area contributed by atoms with Crippen molar-refractivity contribution in [1.29, 1.82) is 0 Å². The van der Waals surface area contributed by atoms with E-state index in [1.54, 1.807) is 18.2 Å². The number of halogens is 2. The van der Waals surface area contributed by atoms with Gasteiger partial charge in [-0.15, -0.1) is 0 Å². The van der Waals surface area contributed by atoms with Gasteiger partial charge in [-0.3, -0.25) is 4.79 Å². The Kier molecular flexibility index (Phi) is 4.68. The molecule has 5 heteroatoms. The molecule has 0 aliphatic carbocycles. The van der Waals surface area contributed by atoms with Crippen LogP contribution < -0.4 is 11.1 Å². The van der Waals surface area contributed by atoms with Crippen molar-refractivity contribution < 1.29 is 4.79 Å². The lowest BCUT2D eigenvalue weighted by atomic mass is 10.1. The molecular formula is C15H14BrClN2O. The van der Waals surface area contributed by atoms with E-state index in [-0.39, 0.29) is 0 Å². The molecule has 1 amide bonds. The van der Waals surface area contributed by atoms with Gasteiger partial charge in [0, 0.05) is 16.6 Å². The van der Waals surface area contributed by atoms with Crippen LogP contribution in [0.15, 0.2) is 40.9 Å². The Bertz CT molecular complexity index is 658. The van der Waals surface area contributed by atoms with Crippen molar-refractivity contribution in [2.45, 2.75) is 13.5 Å². The maximum Gasteiger partial charge on any atom is 0.248 e. The van der Waals surface area contributed by atoms with Crippen LogP contribution in [-0.4, -0.2) is 5.91 Å². The van der Waals surface area contributed by atoms with Crippen LogP contribution in [0.25, 0.3) is 0 Å². The van der Waals surface area contributed by atoms with Crippen LogP contribution in [-0.2, 0) is 6.54 Å². The Morgan fingerprint density at radius 1 is 1.30 bits per heavy atom. The first-order valence-electron chi connectivity index (χ1n) is 6.05. The van der Waals surface area contributed by atoms with Gasteiger partial charge in [-0.1, -0.05) is 39.7 Å². The molecule has 0 bridgehead atoms. The predicted molar refractivity (Wildman–Crippen MR) is 86.2 cm³/mol. The molecular weight excluding hydrogens is 340 g/mol. The molecule has 2 aromatic carbocycles. The van der Waals surface area contributed by atoms with Crippen LogP contribution in [0.4, 0.5) is 5.69 Å². The number of benzene rings is 2. The first kappa shape index (κ1) is 14.9. The zero-order valence-corrected chi connectivity index (χ0v) is 13.3. The topological polar surface area (TPSA) is 55.1 Å². The van der Waals surface area contributed by atoms with E-state index in [9.17, 15) is 4.79 Å². The van der Waals surface area contributed by atoms with E-state index in [4.69, 9.17) is 17.3 Å². The number of hydrogen-bond acceptors (Lipinski definition) is 2. The van der Waals surface area contributed by atoms with Crippen molar-refractivity contribution in [3.05, 3.63) is 62.6 Å². The predicted octanol–water partition coefficient (Wildman–Crippen LogP) is 4.12. The van der Waals surface area contributed by atoms with Gasteiger partial charge < -0.3 is 11.1 Å². The molecule has 0 fully saturated rings. The van der Waals surface area contributed by atoms with Crippen LogP contribution in [0.5, 0.6) is 0 Å². The summed E-state index contributed by atoms with van der Waals surface area (Å²) in [7, 11) is 0. The van der Waals surface area contributed by atoms with Gasteiger partial charge in [0.25, 0.3) is 0 Å². The largest absolute Gasteiger partial charge is 0.380 e. The van der Waals surface area contributed by atoms with E-state index in [1.165, 1.54) is 5.56 Å². The van der Waals surface area contributed by atoms with Crippen LogP contribution in [0.2, 0.25) is 5.02 Å². The highest BCUT2D eigenvalue weighted by Gasteiger charge is 2.06. The third-order valence-corrected chi connectivity index (χ3v) is 4.15. The van der Waals surface area contributed by atoms with Crippen molar-refractivity contribution in [2.24, 2.45) is 5.73 Å². The van der Waals surface area contributed by atoms with Crippen molar-refractivity contribution in [2.75, 3.05) is 5.32 Å². The van der Waals surface area contributed by atoms with Crippen LogP contribution in [0, 0.1) is 6.92 Å². The Morgan fingerprint density at radius 3 is 2.70 bits per heavy atom. The van der Waals surface area contributed by atoms with Crippen molar-refractivity contribution in [1.82, 2.24) is 0 Å². The quantitative estimate of drug-likeness (QED) is 0.868. The summed E-state index contributed by atoms with van der Waals surface area (Å²) in [5.74, 6) is -0.470. The van der Waals surface area contributed by atoms with Gasteiger partial charge in [0.15, 0.2) is 0 Å². The van der Waals surface area contributed by atoms with Gasteiger partial charge in [0.1, 0.15) is 0 Å². The fourth-order valence-corrected chi connectivity index (χ4v) is 2.37. The first-order chi connectivity index (χ1) is 9.47. The normalized spacial score (nSPS) is 10.3. The number of rotatable bonds is 4. The number of primary amides is 1. The Balaban J connectivity index is 2.15. The van der Waals surface area contributed by atoms with Crippen molar-refractivity contribution in [3.63, 3.8) is 0 Å². The molecule has 0 atom stereocenters. The summed E-state index contributed by atoms with van der Waals surface area (Å²) in [4.78, 5) is 11.2. The average Bonchev–Trinajstić information content (AvgIpc) is 2.41.